The summed E-state index contributed by atoms with van der Waals surface area (Å²) >= 11 is 5.42. The molecule has 1 rings (SSSR count). The number of alkyl halides is 1. The van der Waals surface area contributed by atoms with Gasteiger partial charge in [0.25, 0.3) is 0 Å². The molecule has 2 amide bonds. The van der Waals surface area contributed by atoms with E-state index in [2.05, 4.69) is 0 Å². The zero-order valence-corrected chi connectivity index (χ0v) is 8.53. The highest BCUT2D eigenvalue weighted by molar-refractivity contribution is 6.27. The van der Waals surface area contributed by atoms with Crippen LogP contribution in [0.5, 0.6) is 0 Å². The van der Waals surface area contributed by atoms with Crippen molar-refractivity contribution < 1.29 is 14.7 Å². The molecule has 1 saturated heterocycles. The summed E-state index contributed by atoms with van der Waals surface area (Å²) in [7, 11) is 0. The van der Waals surface area contributed by atoms with Gasteiger partial charge in [-0.05, 0) is 6.42 Å². The SMILES string of the molecule is O=C(O)N1CCCN(C(=O)CCl)CC1. The zero-order chi connectivity index (χ0) is 10.6. The number of nitrogens with zero attached hydrogens (tertiary/aromatic N) is 2. The van der Waals surface area contributed by atoms with Gasteiger partial charge in [0.2, 0.25) is 5.91 Å². The van der Waals surface area contributed by atoms with E-state index in [1.54, 1.807) is 4.90 Å². The highest BCUT2D eigenvalue weighted by Gasteiger charge is 2.20. The summed E-state index contributed by atoms with van der Waals surface area (Å²) in [5.74, 6) is -0.161. The van der Waals surface area contributed by atoms with Gasteiger partial charge in [-0.25, -0.2) is 4.79 Å². The Balaban J connectivity index is 2.48. The molecule has 0 aliphatic carbocycles. The summed E-state index contributed by atoms with van der Waals surface area (Å²) in [4.78, 5) is 24.8. The fourth-order valence-corrected chi connectivity index (χ4v) is 1.61. The summed E-state index contributed by atoms with van der Waals surface area (Å²) in [6, 6.07) is 0. The quantitative estimate of drug-likeness (QED) is 0.653. The van der Waals surface area contributed by atoms with Crippen molar-refractivity contribution in [3.63, 3.8) is 0 Å². The van der Waals surface area contributed by atoms with Crippen molar-refractivity contribution in [3.8, 4) is 0 Å². The van der Waals surface area contributed by atoms with Gasteiger partial charge in [-0.1, -0.05) is 0 Å². The Kier molecular flexibility index (Phi) is 4.00. The third-order valence-corrected chi connectivity index (χ3v) is 2.46. The molecule has 0 aromatic rings. The first-order chi connectivity index (χ1) is 6.65. The highest BCUT2D eigenvalue weighted by atomic mass is 35.5. The number of amides is 2. The smallest absolute Gasteiger partial charge is 0.407 e. The van der Waals surface area contributed by atoms with Crippen LogP contribution in [0.15, 0.2) is 0 Å². The monoisotopic (exact) mass is 220 g/mol. The van der Waals surface area contributed by atoms with Crippen LogP contribution in [-0.2, 0) is 4.79 Å². The maximum Gasteiger partial charge on any atom is 0.407 e. The Morgan fingerprint density at radius 1 is 1.14 bits per heavy atom. The molecule has 0 saturated carbocycles. The lowest BCUT2D eigenvalue weighted by Gasteiger charge is -2.19. The first kappa shape index (κ1) is 11.1. The minimum atomic E-state index is -0.926. The van der Waals surface area contributed by atoms with E-state index in [1.165, 1.54) is 4.90 Å². The van der Waals surface area contributed by atoms with Crippen molar-refractivity contribution in [3.05, 3.63) is 0 Å². The van der Waals surface area contributed by atoms with Gasteiger partial charge in [0.15, 0.2) is 0 Å². The molecular formula is C8H13ClN2O3. The van der Waals surface area contributed by atoms with Gasteiger partial charge in [0.1, 0.15) is 5.88 Å². The fourth-order valence-electron chi connectivity index (χ4n) is 1.44. The molecule has 5 nitrogen and oxygen atoms in total. The van der Waals surface area contributed by atoms with Gasteiger partial charge in [-0.3, -0.25) is 4.79 Å². The van der Waals surface area contributed by atoms with E-state index in [9.17, 15) is 9.59 Å². The number of carbonyl (C=O) groups excluding carboxylic acids is 1. The summed E-state index contributed by atoms with van der Waals surface area (Å²) < 4.78 is 0. The number of halogens is 1. The second-order valence-electron chi connectivity index (χ2n) is 3.14. The Labute approximate surface area is 87.2 Å². The van der Waals surface area contributed by atoms with Gasteiger partial charge in [0.05, 0.1) is 0 Å². The van der Waals surface area contributed by atoms with Crippen molar-refractivity contribution in [1.82, 2.24) is 9.80 Å². The largest absolute Gasteiger partial charge is 0.465 e. The minimum absolute atomic E-state index is 0.0347. The minimum Gasteiger partial charge on any atom is -0.465 e. The lowest BCUT2D eigenvalue weighted by atomic mass is 10.4. The van der Waals surface area contributed by atoms with Gasteiger partial charge in [0, 0.05) is 26.2 Å². The number of hydrogen-bond acceptors (Lipinski definition) is 2. The lowest BCUT2D eigenvalue weighted by molar-refractivity contribution is -0.128. The molecule has 1 aliphatic rings. The molecule has 1 N–H and O–H groups in total. The Bertz CT molecular complexity index is 235. The van der Waals surface area contributed by atoms with E-state index in [0.717, 1.165) is 0 Å². The third kappa shape index (κ3) is 2.77. The van der Waals surface area contributed by atoms with Crippen LogP contribution in [0.25, 0.3) is 0 Å². The highest BCUT2D eigenvalue weighted by Crippen LogP contribution is 2.04. The lowest BCUT2D eigenvalue weighted by Crippen LogP contribution is -2.37. The van der Waals surface area contributed by atoms with Gasteiger partial charge < -0.3 is 14.9 Å². The molecule has 14 heavy (non-hydrogen) atoms. The van der Waals surface area contributed by atoms with Crippen molar-refractivity contribution in [2.75, 3.05) is 32.1 Å². The van der Waals surface area contributed by atoms with Crippen LogP contribution in [0.1, 0.15) is 6.42 Å². The molecule has 0 aromatic heterocycles. The molecule has 1 heterocycles. The average Bonchev–Trinajstić information content (AvgIpc) is 2.41. The number of hydrogen-bond donors (Lipinski definition) is 1. The Morgan fingerprint density at radius 3 is 2.29 bits per heavy atom. The standard InChI is InChI=1S/C8H13ClN2O3/c9-6-7(12)10-2-1-3-11(5-4-10)8(13)14/h1-6H2,(H,13,14). The van der Waals surface area contributed by atoms with E-state index in [-0.39, 0.29) is 11.8 Å². The van der Waals surface area contributed by atoms with Gasteiger partial charge in [-0.15, -0.1) is 11.6 Å². The van der Waals surface area contributed by atoms with Crippen LogP contribution >= 0.6 is 11.6 Å². The first-order valence-electron chi connectivity index (χ1n) is 4.46. The third-order valence-electron chi connectivity index (χ3n) is 2.23. The van der Waals surface area contributed by atoms with Gasteiger partial charge in [-0.2, -0.15) is 0 Å². The van der Waals surface area contributed by atoms with Crippen molar-refractivity contribution >= 4 is 23.6 Å². The van der Waals surface area contributed by atoms with Crippen LogP contribution in [0.3, 0.4) is 0 Å². The molecular weight excluding hydrogens is 208 g/mol. The second-order valence-corrected chi connectivity index (χ2v) is 3.40. The number of rotatable bonds is 1. The van der Waals surface area contributed by atoms with E-state index in [0.29, 0.717) is 32.6 Å². The summed E-state index contributed by atoms with van der Waals surface area (Å²) in [5.41, 5.74) is 0. The summed E-state index contributed by atoms with van der Waals surface area (Å²) in [5, 5.41) is 8.74. The van der Waals surface area contributed by atoms with Crippen LogP contribution in [0.2, 0.25) is 0 Å². The topological polar surface area (TPSA) is 60.9 Å². The van der Waals surface area contributed by atoms with Crippen LogP contribution in [0, 0.1) is 0 Å². The summed E-state index contributed by atoms with van der Waals surface area (Å²) in [6.07, 6.45) is -0.250. The van der Waals surface area contributed by atoms with Crippen LogP contribution in [-0.4, -0.2) is 59.0 Å². The van der Waals surface area contributed by atoms with Gasteiger partial charge >= 0.3 is 6.09 Å². The van der Waals surface area contributed by atoms with Crippen LogP contribution in [0.4, 0.5) is 4.79 Å². The van der Waals surface area contributed by atoms with E-state index < -0.39 is 6.09 Å². The molecule has 80 valence electrons. The number of carboxylic acid groups (broad SMARTS) is 1. The molecule has 0 unspecified atom stereocenters. The summed E-state index contributed by atoms with van der Waals surface area (Å²) in [6.45, 7) is 1.90. The second kappa shape index (κ2) is 5.05. The first-order valence-corrected chi connectivity index (χ1v) is 5.00. The van der Waals surface area contributed by atoms with Crippen molar-refractivity contribution in [2.45, 2.75) is 6.42 Å². The molecule has 0 atom stereocenters. The molecule has 6 heteroatoms. The van der Waals surface area contributed by atoms with Crippen molar-refractivity contribution in [2.24, 2.45) is 0 Å². The predicted molar refractivity (Wildman–Crippen MR) is 51.5 cm³/mol. The zero-order valence-electron chi connectivity index (χ0n) is 7.78. The normalized spacial score (nSPS) is 17.8. The van der Waals surface area contributed by atoms with Crippen molar-refractivity contribution in [1.29, 1.82) is 0 Å². The predicted octanol–water partition coefficient (Wildman–Crippen LogP) is 0.438. The molecule has 1 aliphatic heterocycles. The van der Waals surface area contributed by atoms with E-state index >= 15 is 0 Å². The molecule has 0 radical (unpaired) electrons. The fraction of sp³-hybridized carbons (Fsp3) is 0.750. The number of carbonyl (C=O) groups is 2. The van der Waals surface area contributed by atoms with E-state index in [4.69, 9.17) is 16.7 Å². The Hall–Kier alpha value is -0.970. The maximum absolute atomic E-state index is 11.2. The molecule has 1 fully saturated rings. The molecule has 0 spiro atoms. The Morgan fingerprint density at radius 2 is 1.71 bits per heavy atom. The molecule has 0 aromatic carbocycles. The maximum atomic E-state index is 11.2. The average molecular weight is 221 g/mol. The van der Waals surface area contributed by atoms with E-state index in [1.807, 2.05) is 0 Å². The van der Waals surface area contributed by atoms with Crippen LogP contribution < -0.4 is 0 Å². The molecule has 0 bridgehead atoms.